The van der Waals surface area contributed by atoms with Crippen LogP contribution in [0.15, 0.2) is 66.0 Å². The molecule has 1 heterocycles. The van der Waals surface area contributed by atoms with E-state index < -0.39 is 35.4 Å². The molecule has 0 radical (unpaired) electrons. The number of amides is 1. The quantitative estimate of drug-likeness (QED) is 0.294. The summed E-state index contributed by atoms with van der Waals surface area (Å²) < 4.78 is 45.4. The molecule has 172 valence electrons. The molecule has 0 fully saturated rings. The van der Waals surface area contributed by atoms with Crippen molar-refractivity contribution >= 4 is 46.3 Å². The average Bonchev–Trinajstić information content (AvgIpc) is 3.32. The zero-order chi connectivity index (χ0) is 24.0. The molecule has 1 amide bonds. The standard InChI is InChI=1S/C23H17ClF3NO4S/c24-15-8-9-17(16(13-15)23(25,26)27)28-22(31)21(14-5-2-1-3-6-14)32-20(30)11-10-18(29)19-7-4-12-33-19/h1-9,12-13,21H,10-11H2,(H,28,31). The fourth-order valence-electron chi connectivity index (χ4n) is 2.93. The Labute approximate surface area is 196 Å². The van der Waals surface area contributed by atoms with E-state index in [1.807, 2.05) is 0 Å². The molecule has 0 aliphatic carbocycles. The second-order valence-electron chi connectivity index (χ2n) is 6.86. The normalized spacial score (nSPS) is 12.1. The van der Waals surface area contributed by atoms with Crippen LogP contribution in [-0.2, 0) is 20.5 Å². The van der Waals surface area contributed by atoms with Crippen LogP contribution in [0.25, 0.3) is 0 Å². The number of alkyl halides is 3. The third-order valence-corrected chi connectivity index (χ3v) is 5.63. The molecule has 1 aromatic heterocycles. The van der Waals surface area contributed by atoms with E-state index >= 15 is 0 Å². The molecule has 10 heteroatoms. The summed E-state index contributed by atoms with van der Waals surface area (Å²) in [5.41, 5.74) is -1.40. The Bertz CT molecular complexity index is 1130. The van der Waals surface area contributed by atoms with Gasteiger partial charge in [0.15, 0.2) is 5.78 Å². The Balaban J connectivity index is 1.77. The Kier molecular flexibility index (Phi) is 7.88. The van der Waals surface area contributed by atoms with Crippen LogP contribution in [-0.4, -0.2) is 17.7 Å². The maximum absolute atomic E-state index is 13.4. The maximum Gasteiger partial charge on any atom is 0.418 e. The van der Waals surface area contributed by atoms with Gasteiger partial charge in [0.2, 0.25) is 6.10 Å². The van der Waals surface area contributed by atoms with Crippen molar-refractivity contribution < 1.29 is 32.3 Å². The number of benzene rings is 2. The average molecular weight is 496 g/mol. The van der Waals surface area contributed by atoms with Crippen LogP contribution in [0.1, 0.15) is 39.7 Å². The van der Waals surface area contributed by atoms with Gasteiger partial charge in [-0.3, -0.25) is 14.4 Å². The van der Waals surface area contributed by atoms with E-state index in [-0.39, 0.29) is 29.2 Å². The molecule has 0 aliphatic rings. The maximum atomic E-state index is 13.4. The first-order valence-electron chi connectivity index (χ1n) is 9.64. The first-order valence-corrected chi connectivity index (χ1v) is 10.9. The van der Waals surface area contributed by atoms with Gasteiger partial charge in [0, 0.05) is 17.0 Å². The molecular formula is C23H17ClF3NO4S. The van der Waals surface area contributed by atoms with E-state index in [0.717, 1.165) is 6.07 Å². The third-order valence-electron chi connectivity index (χ3n) is 4.49. The van der Waals surface area contributed by atoms with Crippen molar-refractivity contribution in [3.05, 3.63) is 87.1 Å². The lowest BCUT2D eigenvalue weighted by Crippen LogP contribution is -2.27. The lowest BCUT2D eigenvalue weighted by atomic mass is 10.1. The second kappa shape index (κ2) is 10.6. The molecule has 0 spiro atoms. The molecule has 3 rings (SSSR count). The molecule has 2 aromatic carbocycles. The summed E-state index contributed by atoms with van der Waals surface area (Å²) in [5.74, 6) is -2.07. The molecule has 1 unspecified atom stereocenters. The number of rotatable bonds is 8. The van der Waals surface area contributed by atoms with Crippen LogP contribution in [0.5, 0.6) is 0 Å². The molecular weight excluding hydrogens is 479 g/mol. The zero-order valence-electron chi connectivity index (χ0n) is 16.9. The van der Waals surface area contributed by atoms with Crippen molar-refractivity contribution in [2.45, 2.75) is 25.1 Å². The number of nitrogens with one attached hydrogen (secondary N) is 1. The predicted octanol–water partition coefficient (Wildman–Crippen LogP) is 6.31. The van der Waals surface area contributed by atoms with Crippen LogP contribution in [0.3, 0.4) is 0 Å². The fourth-order valence-corrected chi connectivity index (χ4v) is 3.79. The highest BCUT2D eigenvalue weighted by Crippen LogP contribution is 2.37. The number of halogens is 4. The van der Waals surface area contributed by atoms with Gasteiger partial charge in [-0.1, -0.05) is 48.0 Å². The van der Waals surface area contributed by atoms with E-state index in [4.69, 9.17) is 16.3 Å². The van der Waals surface area contributed by atoms with Gasteiger partial charge in [-0.25, -0.2) is 0 Å². The summed E-state index contributed by atoms with van der Waals surface area (Å²) in [6.07, 6.45) is -6.71. The van der Waals surface area contributed by atoms with Gasteiger partial charge in [-0.15, -0.1) is 11.3 Å². The number of ketones is 1. The number of hydrogen-bond acceptors (Lipinski definition) is 5. The molecule has 5 nitrogen and oxygen atoms in total. The summed E-state index contributed by atoms with van der Waals surface area (Å²) in [4.78, 5) is 37.9. The number of anilines is 1. The molecule has 33 heavy (non-hydrogen) atoms. The van der Waals surface area contributed by atoms with E-state index in [9.17, 15) is 27.6 Å². The number of carbonyl (C=O) groups excluding carboxylic acids is 3. The first kappa shape index (κ1) is 24.5. The highest BCUT2D eigenvalue weighted by atomic mass is 35.5. The number of esters is 1. The van der Waals surface area contributed by atoms with Crippen molar-refractivity contribution in [1.29, 1.82) is 0 Å². The monoisotopic (exact) mass is 495 g/mol. The molecule has 1 N–H and O–H groups in total. The predicted molar refractivity (Wildman–Crippen MR) is 118 cm³/mol. The minimum atomic E-state index is -4.77. The SMILES string of the molecule is O=C(CCC(=O)c1cccs1)OC(C(=O)Nc1ccc(Cl)cc1C(F)(F)F)c1ccccc1. The summed E-state index contributed by atoms with van der Waals surface area (Å²) in [5, 5.41) is 3.75. The minimum absolute atomic E-state index is 0.127. The van der Waals surface area contributed by atoms with Gasteiger partial charge >= 0.3 is 12.1 Å². The minimum Gasteiger partial charge on any atom is -0.447 e. The third kappa shape index (κ3) is 6.66. The fraction of sp³-hybridized carbons (Fsp3) is 0.174. The number of ether oxygens (including phenoxy) is 1. The number of carbonyl (C=O) groups is 3. The van der Waals surface area contributed by atoms with Crippen LogP contribution >= 0.6 is 22.9 Å². The number of Topliss-reactive ketones (excluding diaryl/α,β-unsaturated/α-hetero) is 1. The van der Waals surface area contributed by atoms with Crippen molar-refractivity contribution in [1.82, 2.24) is 0 Å². The Hall–Kier alpha value is -3.17. The smallest absolute Gasteiger partial charge is 0.418 e. The molecule has 0 saturated carbocycles. The van der Waals surface area contributed by atoms with Gasteiger partial charge in [0.25, 0.3) is 5.91 Å². The number of thiophene rings is 1. The highest BCUT2D eigenvalue weighted by molar-refractivity contribution is 7.12. The van der Waals surface area contributed by atoms with Crippen molar-refractivity contribution in [3.8, 4) is 0 Å². The van der Waals surface area contributed by atoms with E-state index in [2.05, 4.69) is 5.32 Å². The van der Waals surface area contributed by atoms with Crippen molar-refractivity contribution in [3.63, 3.8) is 0 Å². The lowest BCUT2D eigenvalue weighted by molar-refractivity contribution is -0.154. The van der Waals surface area contributed by atoms with Gasteiger partial charge in [-0.05, 0) is 29.6 Å². The van der Waals surface area contributed by atoms with E-state index in [1.165, 1.54) is 29.5 Å². The van der Waals surface area contributed by atoms with Crippen LogP contribution in [0, 0.1) is 0 Å². The van der Waals surface area contributed by atoms with Gasteiger partial charge in [0.1, 0.15) is 0 Å². The summed E-state index contributed by atoms with van der Waals surface area (Å²) >= 11 is 6.91. The Morgan fingerprint density at radius 2 is 1.73 bits per heavy atom. The zero-order valence-corrected chi connectivity index (χ0v) is 18.5. The van der Waals surface area contributed by atoms with Crippen LogP contribution in [0.2, 0.25) is 5.02 Å². The van der Waals surface area contributed by atoms with E-state index in [1.54, 1.807) is 35.7 Å². The van der Waals surface area contributed by atoms with Crippen molar-refractivity contribution in [2.75, 3.05) is 5.32 Å². The molecule has 0 saturated heterocycles. The molecule has 0 aliphatic heterocycles. The summed E-state index contributed by atoms with van der Waals surface area (Å²) in [6, 6.07) is 14.1. The molecule has 0 bridgehead atoms. The summed E-state index contributed by atoms with van der Waals surface area (Å²) in [6.45, 7) is 0. The highest BCUT2D eigenvalue weighted by Gasteiger charge is 2.35. The van der Waals surface area contributed by atoms with Gasteiger partial charge in [-0.2, -0.15) is 13.2 Å². The van der Waals surface area contributed by atoms with Crippen molar-refractivity contribution in [2.24, 2.45) is 0 Å². The molecule has 1 atom stereocenters. The molecule has 3 aromatic rings. The topological polar surface area (TPSA) is 72.5 Å². The van der Waals surface area contributed by atoms with Gasteiger partial charge < -0.3 is 10.1 Å². The van der Waals surface area contributed by atoms with Gasteiger partial charge in [0.05, 0.1) is 22.5 Å². The van der Waals surface area contributed by atoms with Crippen LogP contribution in [0.4, 0.5) is 18.9 Å². The summed E-state index contributed by atoms with van der Waals surface area (Å²) in [7, 11) is 0. The largest absolute Gasteiger partial charge is 0.447 e. The first-order chi connectivity index (χ1) is 15.6. The Morgan fingerprint density at radius 3 is 2.36 bits per heavy atom. The van der Waals surface area contributed by atoms with E-state index in [0.29, 0.717) is 10.9 Å². The lowest BCUT2D eigenvalue weighted by Gasteiger charge is -2.20. The Morgan fingerprint density at radius 1 is 1.00 bits per heavy atom. The second-order valence-corrected chi connectivity index (χ2v) is 8.24. The van der Waals surface area contributed by atoms with Crippen LogP contribution < -0.4 is 5.32 Å². The number of hydrogen-bond donors (Lipinski definition) is 1.